The molecule has 0 spiro atoms. The minimum Gasteiger partial charge on any atom is -0.350 e. The summed E-state index contributed by atoms with van der Waals surface area (Å²) in [5.74, 6) is -0.328. The summed E-state index contributed by atoms with van der Waals surface area (Å²) in [5, 5.41) is 7.72. The zero-order chi connectivity index (χ0) is 16.5. The van der Waals surface area contributed by atoms with Crippen molar-refractivity contribution in [2.45, 2.75) is 13.0 Å². The number of carbonyl (C=O) groups excluding carboxylic acids is 2. The van der Waals surface area contributed by atoms with E-state index >= 15 is 0 Å². The van der Waals surface area contributed by atoms with Gasteiger partial charge in [-0.2, -0.15) is 0 Å². The van der Waals surface area contributed by atoms with Crippen LogP contribution in [0.4, 0.5) is 0 Å². The summed E-state index contributed by atoms with van der Waals surface area (Å²) < 4.78 is 2.97. The van der Waals surface area contributed by atoms with Crippen LogP contribution < -0.4 is 15.4 Å². The van der Waals surface area contributed by atoms with Crippen LogP contribution in [0.25, 0.3) is 10.8 Å². The van der Waals surface area contributed by atoms with Crippen molar-refractivity contribution < 1.29 is 9.59 Å². The number of benzene rings is 2. The van der Waals surface area contributed by atoms with E-state index in [0.29, 0.717) is 19.5 Å². The number of nitrogens with one attached hydrogen (secondary N) is 3. The molecule has 0 bridgehead atoms. The quantitative estimate of drug-likeness (QED) is 0.333. The molecule has 0 atom stereocenters. The number of hydrogen-bond donors (Lipinski definition) is 3. The Morgan fingerprint density at radius 3 is 2.61 bits per heavy atom. The second-order valence-corrected chi connectivity index (χ2v) is 6.68. The van der Waals surface area contributed by atoms with Crippen LogP contribution in [0.15, 0.2) is 42.5 Å². The van der Waals surface area contributed by atoms with Crippen LogP contribution in [0.2, 0.25) is 0 Å². The van der Waals surface area contributed by atoms with Gasteiger partial charge in [-0.1, -0.05) is 42.5 Å². The fourth-order valence-corrected chi connectivity index (χ4v) is 3.01. The lowest BCUT2D eigenvalue weighted by Crippen LogP contribution is -2.37. The predicted molar refractivity (Wildman–Crippen MR) is 103 cm³/mol. The first-order valence-electron chi connectivity index (χ1n) is 7.21. The van der Waals surface area contributed by atoms with E-state index in [1.165, 1.54) is 9.12 Å². The third-order valence-electron chi connectivity index (χ3n) is 3.31. The lowest BCUT2D eigenvalue weighted by molar-refractivity contribution is -0.126. The van der Waals surface area contributed by atoms with Gasteiger partial charge in [0.15, 0.2) is 0 Å². The van der Waals surface area contributed by atoms with Crippen LogP contribution >= 0.6 is 30.3 Å². The first kappa shape index (κ1) is 18.0. The Bertz CT molecular complexity index is 676. The van der Waals surface area contributed by atoms with Gasteiger partial charge in [-0.25, -0.2) is 0 Å². The molecule has 0 aliphatic rings. The maximum atomic E-state index is 11.8. The van der Waals surface area contributed by atoms with Crippen LogP contribution in [-0.2, 0) is 16.1 Å². The van der Waals surface area contributed by atoms with Gasteiger partial charge in [-0.05, 0) is 25.5 Å². The summed E-state index contributed by atoms with van der Waals surface area (Å²) in [6.07, 6.45) is 0.354. The Morgan fingerprint density at radius 2 is 1.78 bits per heavy atom. The van der Waals surface area contributed by atoms with E-state index in [0.717, 1.165) is 16.3 Å². The standard InChI is InChI=1S/C16H18IN3O2S/c17-23-20-9-8-15(21)19-11-16(22)18-10-13-6-3-5-12-4-1-2-7-14(12)13/h1-7,20H,8-11H2,(H,18,22)(H,19,21). The van der Waals surface area contributed by atoms with Crippen molar-refractivity contribution >= 4 is 52.9 Å². The van der Waals surface area contributed by atoms with Gasteiger partial charge in [0.1, 0.15) is 0 Å². The largest absolute Gasteiger partial charge is 0.350 e. The highest BCUT2D eigenvalue weighted by atomic mass is 127. The molecule has 0 aromatic heterocycles. The van der Waals surface area contributed by atoms with Gasteiger partial charge in [-0.15, -0.1) is 0 Å². The second kappa shape index (κ2) is 9.74. The molecule has 3 N–H and O–H groups in total. The molecule has 122 valence electrons. The lowest BCUT2D eigenvalue weighted by Gasteiger charge is -2.09. The Kier molecular flexibility index (Phi) is 7.63. The molecule has 0 saturated carbocycles. The van der Waals surface area contributed by atoms with Crippen molar-refractivity contribution in [3.05, 3.63) is 48.0 Å². The third kappa shape index (κ3) is 6.00. The molecule has 0 aliphatic carbocycles. The van der Waals surface area contributed by atoms with Gasteiger partial charge in [0.25, 0.3) is 0 Å². The molecule has 0 aliphatic heterocycles. The van der Waals surface area contributed by atoms with E-state index < -0.39 is 0 Å². The van der Waals surface area contributed by atoms with Crippen molar-refractivity contribution in [1.82, 2.24) is 15.4 Å². The number of hydrogen-bond acceptors (Lipinski definition) is 4. The van der Waals surface area contributed by atoms with Gasteiger partial charge in [0.05, 0.1) is 6.54 Å². The number of fused-ring (bicyclic) bond motifs is 1. The molecule has 0 radical (unpaired) electrons. The predicted octanol–water partition coefficient (Wildman–Crippen LogP) is 2.55. The molecule has 5 nitrogen and oxygen atoms in total. The van der Waals surface area contributed by atoms with Crippen LogP contribution in [0.5, 0.6) is 0 Å². The van der Waals surface area contributed by atoms with E-state index in [1.54, 1.807) is 0 Å². The van der Waals surface area contributed by atoms with Crippen molar-refractivity contribution in [1.29, 1.82) is 0 Å². The minimum atomic E-state index is -0.192. The van der Waals surface area contributed by atoms with E-state index in [-0.39, 0.29) is 18.4 Å². The van der Waals surface area contributed by atoms with Gasteiger partial charge in [0.2, 0.25) is 11.8 Å². The van der Waals surface area contributed by atoms with Crippen LogP contribution in [-0.4, -0.2) is 24.9 Å². The molecule has 0 fully saturated rings. The molecule has 2 amide bonds. The molecule has 7 heteroatoms. The molecule has 0 heterocycles. The highest BCUT2D eigenvalue weighted by Crippen LogP contribution is 2.18. The first-order chi connectivity index (χ1) is 11.2. The molecule has 23 heavy (non-hydrogen) atoms. The van der Waals surface area contributed by atoms with Gasteiger partial charge < -0.3 is 10.6 Å². The summed E-state index contributed by atoms with van der Waals surface area (Å²) in [6.45, 7) is 1.03. The zero-order valence-electron chi connectivity index (χ0n) is 12.5. The lowest BCUT2D eigenvalue weighted by atomic mass is 10.0. The molecule has 0 unspecified atom stereocenters. The highest BCUT2D eigenvalue weighted by molar-refractivity contribution is 14.2. The van der Waals surface area contributed by atoms with E-state index in [4.69, 9.17) is 0 Å². The second-order valence-electron chi connectivity index (χ2n) is 4.91. The average Bonchev–Trinajstić information content (AvgIpc) is 2.58. The summed E-state index contributed by atoms with van der Waals surface area (Å²) >= 11 is 2.10. The number of carbonyl (C=O) groups is 2. The van der Waals surface area contributed by atoms with Gasteiger partial charge in [-0.3, -0.25) is 14.3 Å². The maximum Gasteiger partial charge on any atom is 0.239 e. The van der Waals surface area contributed by atoms with Gasteiger partial charge >= 0.3 is 0 Å². The summed E-state index contributed by atoms with van der Waals surface area (Å²) in [7, 11) is 1.44. The number of amides is 2. The fraction of sp³-hybridized carbons (Fsp3) is 0.250. The van der Waals surface area contributed by atoms with Gasteiger partial charge in [0, 0.05) is 40.7 Å². The maximum absolute atomic E-state index is 11.8. The van der Waals surface area contributed by atoms with Crippen LogP contribution in [0, 0.1) is 0 Å². The summed E-state index contributed by atoms with van der Waals surface area (Å²) in [5.41, 5.74) is 1.06. The smallest absolute Gasteiger partial charge is 0.239 e. The Balaban J connectivity index is 1.79. The topological polar surface area (TPSA) is 70.2 Å². The van der Waals surface area contributed by atoms with E-state index in [2.05, 4.69) is 36.6 Å². The Morgan fingerprint density at radius 1 is 1.00 bits per heavy atom. The molecular formula is C16H18IN3O2S. The summed E-state index contributed by atoms with van der Waals surface area (Å²) in [6, 6.07) is 14.1. The molecule has 2 aromatic carbocycles. The zero-order valence-corrected chi connectivity index (χ0v) is 15.4. The van der Waals surface area contributed by atoms with Crippen molar-refractivity contribution in [3.63, 3.8) is 0 Å². The van der Waals surface area contributed by atoms with Crippen LogP contribution in [0.1, 0.15) is 12.0 Å². The van der Waals surface area contributed by atoms with E-state index in [1.807, 2.05) is 42.5 Å². The highest BCUT2D eigenvalue weighted by Gasteiger charge is 2.06. The van der Waals surface area contributed by atoms with Crippen molar-refractivity contribution in [2.24, 2.45) is 0 Å². The molecular weight excluding hydrogens is 425 g/mol. The molecule has 2 rings (SSSR count). The van der Waals surface area contributed by atoms with Crippen molar-refractivity contribution in [2.75, 3.05) is 13.1 Å². The number of halogens is 1. The minimum absolute atomic E-state index is 0.000970. The third-order valence-corrected chi connectivity index (χ3v) is 4.56. The normalized spacial score (nSPS) is 10.5. The Hall–Kier alpha value is -1.32. The SMILES string of the molecule is O=C(CCNSI)NCC(=O)NCc1cccc2ccccc12. The molecule has 0 saturated heterocycles. The average molecular weight is 443 g/mol. The number of rotatable bonds is 8. The molecule has 2 aromatic rings. The monoisotopic (exact) mass is 443 g/mol. The fourth-order valence-electron chi connectivity index (χ4n) is 2.17. The van der Waals surface area contributed by atoms with E-state index in [9.17, 15) is 9.59 Å². The first-order valence-corrected chi connectivity index (χ1v) is 10.6. The van der Waals surface area contributed by atoms with Crippen molar-refractivity contribution in [3.8, 4) is 0 Å². The summed E-state index contributed by atoms with van der Waals surface area (Å²) in [4.78, 5) is 23.4. The van der Waals surface area contributed by atoms with Crippen LogP contribution in [0.3, 0.4) is 0 Å². The Labute approximate surface area is 151 Å².